The molecule has 0 aromatic heterocycles. The molecule has 0 spiro atoms. The van der Waals surface area contributed by atoms with Crippen LogP contribution in [0.15, 0.2) is 72.8 Å². The summed E-state index contributed by atoms with van der Waals surface area (Å²) in [6, 6.07) is 21.5. The van der Waals surface area contributed by atoms with Crippen LogP contribution in [-0.4, -0.2) is 11.4 Å². The molecular weight excluding hydrogens is 389 g/mol. The fourth-order valence-corrected chi connectivity index (χ4v) is 3.35. The predicted molar refractivity (Wildman–Crippen MR) is 122 cm³/mol. The number of hydrogen-bond donors (Lipinski definition) is 2. The Labute approximate surface area is 182 Å². The van der Waals surface area contributed by atoms with Gasteiger partial charge in [-0.1, -0.05) is 48.5 Å². The van der Waals surface area contributed by atoms with Gasteiger partial charge in [-0.15, -0.1) is 0 Å². The molecule has 0 aliphatic rings. The molecule has 0 aliphatic carbocycles. The van der Waals surface area contributed by atoms with Crippen molar-refractivity contribution in [3.8, 4) is 0 Å². The second-order valence-corrected chi connectivity index (χ2v) is 7.86. The number of carbonyl (C=O) groups excluding carboxylic acids is 1. The number of hydrogen-bond acceptors (Lipinski definition) is 2. The Morgan fingerprint density at radius 1 is 1.03 bits per heavy atom. The lowest BCUT2D eigenvalue weighted by Gasteiger charge is -2.30. The van der Waals surface area contributed by atoms with Crippen LogP contribution in [0.1, 0.15) is 30.0 Å². The highest BCUT2D eigenvalue weighted by molar-refractivity contribution is 5.98. The van der Waals surface area contributed by atoms with Crippen LogP contribution in [0.5, 0.6) is 0 Å². The Kier molecular flexibility index (Phi) is 7.17. The smallest absolute Gasteiger partial charge is 0.244 e. The first-order chi connectivity index (χ1) is 14.9. The first-order valence-corrected chi connectivity index (χ1v) is 10.2. The molecule has 0 saturated heterocycles. The van der Waals surface area contributed by atoms with E-state index in [1.54, 1.807) is 24.3 Å². The number of amides is 1. The lowest BCUT2D eigenvalue weighted by atomic mass is 9.91. The van der Waals surface area contributed by atoms with E-state index in [2.05, 4.69) is 15.5 Å². The fourth-order valence-electron chi connectivity index (χ4n) is 3.35. The van der Waals surface area contributed by atoms with Gasteiger partial charge in [0, 0.05) is 12.2 Å². The number of anilines is 1. The van der Waals surface area contributed by atoms with Crippen LogP contribution in [0.3, 0.4) is 0 Å². The summed E-state index contributed by atoms with van der Waals surface area (Å²) < 4.78 is 13.2. The molecule has 0 radical (unpaired) electrons. The van der Waals surface area contributed by atoms with Crippen LogP contribution < -0.4 is 10.6 Å². The summed E-state index contributed by atoms with van der Waals surface area (Å²) in [6.45, 7) is 11.5. The monoisotopic (exact) mass is 415 g/mol. The summed E-state index contributed by atoms with van der Waals surface area (Å²) >= 11 is 0. The third kappa shape index (κ3) is 6.00. The number of carbonyl (C=O) groups is 1. The minimum absolute atomic E-state index is 0.152. The van der Waals surface area contributed by atoms with Crippen molar-refractivity contribution in [2.24, 2.45) is 0 Å². The van der Waals surface area contributed by atoms with E-state index >= 15 is 0 Å². The number of rotatable bonds is 8. The highest BCUT2D eigenvalue weighted by Gasteiger charge is 2.32. The lowest BCUT2D eigenvalue weighted by molar-refractivity contribution is -0.122. The third-order valence-corrected chi connectivity index (χ3v) is 5.43. The Morgan fingerprint density at radius 2 is 1.74 bits per heavy atom. The molecule has 0 aliphatic heterocycles. The highest BCUT2D eigenvalue weighted by atomic mass is 19.1. The second-order valence-electron chi connectivity index (χ2n) is 7.86. The van der Waals surface area contributed by atoms with E-state index in [4.69, 9.17) is 6.57 Å². The molecule has 4 nitrogen and oxygen atoms in total. The largest absolute Gasteiger partial charge is 0.325 e. The molecule has 0 fully saturated rings. The van der Waals surface area contributed by atoms with Crippen molar-refractivity contribution in [2.75, 3.05) is 5.32 Å². The predicted octanol–water partition coefficient (Wildman–Crippen LogP) is 5.80. The molecule has 2 N–H and O–H groups in total. The van der Waals surface area contributed by atoms with Crippen molar-refractivity contribution >= 4 is 17.3 Å². The topological polar surface area (TPSA) is 45.5 Å². The van der Waals surface area contributed by atoms with E-state index in [0.29, 0.717) is 30.8 Å². The zero-order valence-electron chi connectivity index (χ0n) is 17.8. The molecule has 5 heteroatoms. The summed E-state index contributed by atoms with van der Waals surface area (Å²) in [5.41, 5.74) is 3.25. The van der Waals surface area contributed by atoms with Gasteiger partial charge in [0.25, 0.3) is 0 Å². The molecule has 1 atom stereocenters. The molecular formula is C26H26FN3O. The quantitative estimate of drug-likeness (QED) is 0.457. The van der Waals surface area contributed by atoms with Gasteiger partial charge in [-0.05, 0) is 67.6 Å². The summed E-state index contributed by atoms with van der Waals surface area (Å²) in [6.07, 6.45) is 1.16. The summed E-state index contributed by atoms with van der Waals surface area (Å²) in [4.78, 5) is 16.8. The average Bonchev–Trinajstić information content (AvgIpc) is 2.78. The molecule has 158 valence electrons. The van der Waals surface area contributed by atoms with Crippen LogP contribution in [0.25, 0.3) is 4.85 Å². The summed E-state index contributed by atoms with van der Waals surface area (Å²) in [5, 5.41) is 6.41. The first-order valence-electron chi connectivity index (χ1n) is 10.2. The van der Waals surface area contributed by atoms with Crippen molar-refractivity contribution in [3.63, 3.8) is 0 Å². The Balaban J connectivity index is 1.77. The van der Waals surface area contributed by atoms with Gasteiger partial charge in [0.2, 0.25) is 5.91 Å². The normalized spacial score (nSPS) is 12.6. The summed E-state index contributed by atoms with van der Waals surface area (Å²) in [7, 11) is 0. The van der Waals surface area contributed by atoms with Crippen molar-refractivity contribution in [3.05, 3.63) is 107 Å². The van der Waals surface area contributed by atoms with Gasteiger partial charge in [-0.3, -0.25) is 10.1 Å². The molecule has 3 aromatic carbocycles. The standard InChI is InChI=1S/C26H26FN3O/c1-19-17-23(13-14-24(19)28-3)30-25(31)26(2,29-18-21-7-5-4-6-8-21)16-15-20-9-11-22(27)12-10-20/h4-14,17,29H,15-16,18H2,1-2H3,(H,30,31)/t26-/m1/s1. The molecule has 0 saturated carbocycles. The van der Waals surface area contributed by atoms with Gasteiger partial charge < -0.3 is 5.32 Å². The Bertz CT molecular complexity index is 1070. The zero-order chi connectivity index (χ0) is 22.3. The van der Waals surface area contributed by atoms with Gasteiger partial charge in [-0.2, -0.15) is 0 Å². The Morgan fingerprint density at radius 3 is 2.39 bits per heavy atom. The molecule has 0 bridgehead atoms. The minimum Gasteiger partial charge on any atom is -0.325 e. The van der Waals surface area contributed by atoms with Crippen molar-refractivity contribution in [2.45, 2.75) is 38.8 Å². The number of nitrogens with one attached hydrogen (secondary N) is 2. The number of benzene rings is 3. The highest BCUT2D eigenvalue weighted by Crippen LogP contribution is 2.24. The van der Waals surface area contributed by atoms with Gasteiger partial charge in [0.05, 0.1) is 12.1 Å². The van der Waals surface area contributed by atoms with E-state index in [0.717, 1.165) is 16.7 Å². The second kappa shape index (κ2) is 10.0. The molecule has 3 rings (SSSR count). The van der Waals surface area contributed by atoms with Gasteiger partial charge in [-0.25, -0.2) is 9.24 Å². The first kappa shape index (κ1) is 22.2. The Hall–Kier alpha value is -3.49. The van der Waals surface area contributed by atoms with Crippen LogP contribution >= 0.6 is 0 Å². The lowest BCUT2D eigenvalue weighted by Crippen LogP contribution is -2.52. The van der Waals surface area contributed by atoms with Gasteiger partial charge in [0.1, 0.15) is 5.82 Å². The SMILES string of the molecule is [C-]#[N+]c1ccc(NC(=O)[C@@](C)(CCc2ccc(F)cc2)NCc2ccccc2)cc1C. The number of aryl methyl sites for hydroxylation is 2. The molecule has 3 aromatic rings. The van der Waals surface area contributed by atoms with Crippen molar-refractivity contribution in [1.82, 2.24) is 5.32 Å². The van der Waals surface area contributed by atoms with Gasteiger partial charge in [0.15, 0.2) is 5.69 Å². The molecule has 1 amide bonds. The maximum Gasteiger partial charge on any atom is 0.244 e. The van der Waals surface area contributed by atoms with E-state index < -0.39 is 5.54 Å². The maximum atomic E-state index is 13.3. The van der Waals surface area contributed by atoms with E-state index in [1.807, 2.05) is 50.2 Å². The fraction of sp³-hybridized carbons (Fsp3) is 0.231. The molecule has 31 heavy (non-hydrogen) atoms. The van der Waals surface area contributed by atoms with Gasteiger partial charge >= 0.3 is 0 Å². The zero-order valence-corrected chi connectivity index (χ0v) is 17.8. The van der Waals surface area contributed by atoms with E-state index in [-0.39, 0.29) is 11.7 Å². The van der Waals surface area contributed by atoms with Crippen LogP contribution in [0.4, 0.5) is 15.8 Å². The van der Waals surface area contributed by atoms with Crippen molar-refractivity contribution < 1.29 is 9.18 Å². The van der Waals surface area contributed by atoms with Crippen molar-refractivity contribution in [1.29, 1.82) is 0 Å². The van der Waals surface area contributed by atoms with Crippen LogP contribution in [-0.2, 0) is 17.8 Å². The number of nitrogens with zero attached hydrogens (tertiary/aromatic N) is 1. The average molecular weight is 416 g/mol. The molecule has 0 unspecified atom stereocenters. The molecule has 0 heterocycles. The van der Waals surface area contributed by atoms with Crippen LogP contribution in [0, 0.1) is 19.3 Å². The van der Waals surface area contributed by atoms with Crippen LogP contribution in [0.2, 0.25) is 0 Å². The van der Waals surface area contributed by atoms with E-state index in [9.17, 15) is 9.18 Å². The number of halogens is 1. The summed E-state index contributed by atoms with van der Waals surface area (Å²) in [5.74, 6) is -0.426. The maximum absolute atomic E-state index is 13.3. The third-order valence-electron chi connectivity index (χ3n) is 5.43. The van der Waals surface area contributed by atoms with E-state index in [1.165, 1.54) is 12.1 Å². The minimum atomic E-state index is -0.851.